The first kappa shape index (κ1) is 16.0. The van der Waals surface area contributed by atoms with Crippen LogP contribution in [-0.4, -0.2) is 28.9 Å². The number of aliphatic hydroxyl groups is 1. The fourth-order valence-electron chi connectivity index (χ4n) is 2.23. The van der Waals surface area contributed by atoms with Crippen molar-refractivity contribution in [1.82, 2.24) is 0 Å². The van der Waals surface area contributed by atoms with Gasteiger partial charge in [0, 0.05) is 5.56 Å². The van der Waals surface area contributed by atoms with E-state index in [9.17, 15) is 9.90 Å². The van der Waals surface area contributed by atoms with Gasteiger partial charge >= 0.3 is 5.97 Å². The molecule has 0 aliphatic heterocycles. The molecule has 0 heterocycles. The number of benzene rings is 2. The predicted octanol–water partition coefficient (Wildman–Crippen LogP) is 3.59. The Hall–Kier alpha value is -2.33. The number of hydrogen-bond acceptors (Lipinski definition) is 3. The molecule has 2 aromatic carbocycles. The van der Waals surface area contributed by atoms with Crippen molar-refractivity contribution in [2.45, 2.75) is 25.9 Å². The standard InChI is InChI=1S/C18H20O4/c1-2-6-15(19)12-22-17-11-14(18(20)21)9-10-16(17)13-7-4-3-5-8-13/h3-5,7-11,15,19H,2,6,12H2,1H3,(H,20,21). The summed E-state index contributed by atoms with van der Waals surface area (Å²) in [5.74, 6) is -0.528. The average Bonchev–Trinajstić information content (AvgIpc) is 2.53. The summed E-state index contributed by atoms with van der Waals surface area (Å²) in [5.41, 5.74) is 1.92. The maximum absolute atomic E-state index is 11.1. The van der Waals surface area contributed by atoms with Crippen LogP contribution in [0.5, 0.6) is 5.75 Å². The number of rotatable bonds is 7. The highest BCUT2D eigenvalue weighted by molar-refractivity contribution is 5.89. The molecule has 4 heteroatoms. The van der Waals surface area contributed by atoms with E-state index in [0.717, 1.165) is 17.5 Å². The summed E-state index contributed by atoms with van der Waals surface area (Å²) in [6.45, 7) is 2.14. The topological polar surface area (TPSA) is 66.8 Å². The van der Waals surface area contributed by atoms with Crippen molar-refractivity contribution >= 4 is 5.97 Å². The Morgan fingerprint density at radius 1 is 1.18 bits per heavy atom. The number of carbonyl (C=O) groups is 1. The third kappa shape index (κ3) is 4.09. The molecule has 116 valence electrons. The third-order valence-corrected chi connectivity index (χ3v) is 3.37. The highest BCUT2D eigenvalue weighted by atomic mass is 16.5. The Kier molecular flexibility index (Phi) is 5.55. The minimum Gasteiger partial charge on any atom is -0.490 e. The molecule has 0 fully saturated rings. The normalized spacial score (nSPS) is 11.9. The quantitative estimate of drug-likeness (QED) is 0.820. The van der Waals surface area contributed by atoms with Crippen LogP contribution in [-0.2, 0) is 0 Å². The fourth-order valence-corrected chi connectivity index (χ4v) is 2.23. The number of carboxylic acids is 1. The summed E-state index contributed by atoms with van der Waals surface area (Å²) in [4.78, 5) is 11.1. The zero-order valence-corrected chi connectivity index (χ0v) is 12.5. The lowest BCUT2D eigenvalue weighted by molar-refractivity contribution is 0.0696. The summed E-state index contributed by atoms with van der Waals surface area (Å²) in [5, 5.41) is 18.9. The minimum atomic E-state index is -1.00. The van der Waals surface area contributed by atoms with E-state index in [2.05, 4.69) is 0 Å². The third-order valence-electron chi connectivity index (χ3n) is 3.37. The minimum absolute atomic E-state index is 0.150. The van der Waals surface area contributed by atoms with Crippen LogP contribution in [0.1, 0.15) is 30.1 Å². The molecule has 22 heavy (non-hydrogen) atoms. The van der Waals surface area contributed by atoms with Gasteiger partial charge in [-0.1, -0.05) is 43.7 Å². The molecule has 0 saturated heterocycles. The smallest absolute Gasteiger partial charge is 0.335 e. The second-order valence-corrected chi connectivity index (χ2v) is 5.14. The highest BCUT2D eigenvalue weighted by Gasteiger charge is 2.12. The van der Waals surface area contributed by atoms with E-state index in [1.54, 1.807) is 12.1 Å². The van der Waals surface area contributed by atoms with Gasteiger partial charge < -0.3 is 14.9 Å². The van der Waals surface area contributed by atoms with E-state index in [-0.39, 0.29) is 12.2 Å². The summed E-state index contributed by atoms with van der Waals surface area (Å²) >= 11 is 0. The molecule has 1 atom stereocenters. The molecule has 2 rings (SSSR count). The van der Waals surface area contributed by atoms with Crippen molar-refractivity contribution in [2.24, 2.45) is 0 Å². The molecule has 0 amide bonds. The van der Waals surface area contributed by atoms with Gasteiger partial charge in [0.1, 0.15) is 12.4 Å². The molecule has 2 N–H and O–H groups in total. The van der Waals surface area contributed by atoms with Crippen LogP contribution >= 0.6 is 0 Å². The molecular formula is C18H20O4. The highest BCUT2D eigenvalue weighted by Crippen LogP contribution is 2.31. The number of aliphatic hydroxyl groups excluding tert-OH is 1. The van der Waals surface area contributed by atoms with Crippen LogP contribution in [0.25, 0.3) is 11.1 Å². The molecule has 0 spiro atoms. The number of aromatic carboxylic acids is 1. The first-order valence-electron chi connectivity index (χ1n) is 7.35. The van der Waals surface area contributed by atoms with E-state index in [0.29, 0.717) is 12.2 Å². The lowest BCUT2D eigenvalue weighted by Crippen LogP contribution is -2.17. The molecule has 0 bridgehead atoms. The zero-order valence-electron chi connectivity index (χ0n) is 12.5. The van der Waals surface area contributed by atoms with Crippen LogP contribution < -0.4 is 4.74 Å². The van der Waals surface area contributed by atoms with Gasteiger partial charge in [0.15, 0.2) is 0 Å². The molecule has 1 unspecified atom stereocenters. The van der Waals surface area contributed by atoms with Gasteiger partial charge in [-0.05, 0) is 30.2 Å². The number of carboxylic acid groups (broad SMARTS) is 1. The van der Waals surface area contributed by atoms with E-state index in [4.69, 9.17) is 9.84 Å². The molecule has 0 aliphatic carbocycles. The Bertz CT molecular complexity index is 622. The zero-order chi connectivity index (χ0) is 15.9. The number of ether oxygens (including phenoxy) is 1. The lowest BCUT2D eigenvalue weighted by Gasteiger charge is -2.15. The van der Waals surface area contributed by atoms with Crippen LogP contribution in [0, 0.1) is 0 Å². The molecule has 4 nitrogen and oxygen atoms in total. The van der Waals surface area contributed by atoms with Gasteiger partial charge in [0.05, 0.1) is 11.7 Å². The monoisotopic (exact) mass is 300 g/mol. The van der Waals surface area contributed by atoms with Gasteiger partial charge in [0.2, 0.25) is 0 Å². The second kappa shape index (κ2) is 7.61. The van der Waals surface area contributed by atoms with E-state index >= 15 is 0 Å². The maximum Gasteiger partial charge on any atom is 0.335 e. The van der Waals surface area contributed by atoms with Crippen LogP contribution in [0.4, 0.5) is 0 Å². The summed E-state index contributed by atoms with van der Waals surface area (Å²) in [7, 11) is 0. The molecule has 0 aromatic heterocycles. The Morgan fingerprint density at radius 2 is 1.91 bits per heavy atom. The Balaban J connectivity index is 2.30. The molecule has 0 aliphatic rings. The Morgan fingerprint density at radius 3 is 2.55 bits per heavy atom. The predicted molar refractivity (Wildman–Crippen MR) is 85.2 cm³/mol. The van der Waals surface area contributed by atoms with Crippen molar-refractivity contribution in [3.63, 3.8) is 0 Å². The van der Waals surface area contributed by atoms with E-state index in [1.807, 2.05) is 37.3 Å². The van der Waals surface area contributed by atoms with Gasteiger partial charge in [-0.2, -0.15) is 0 Å². The SMILES string of the molecule is CCCC(O)COc1cc(C(=O)O)ccc1-c1ccccc1. The molecule has 2 aromatic rings. The van der Waals surface area contributed by atoms with Crippen molar-refractivity contribution < 1.29 is 19.7 Å². The van der Waals surface area contributed by atoms with E-state index in [1.165, 1.54) is 6.07 Å². The summed E-state index contributed by atoms with van der Waals surface area (Å²) < 4.78 is 5.68. The van der Waals surface area contributed by atoms with Crippen molar-refractivity contribution in [3.05, 3.63) is 54.1 Å². The molecule has 0 radical (unpaired) electrons. The first-order valence-corrected chi connectivity index (χ1v) is 7.35. The van der Waals surface area contributed by atoms with Crippen LogP contribution in [0.15, 0.2) is 48.5 Å². The van der Waals surface area contributed by atoms with E-state index < -0.39 is 12.1 Å². The lowest BCUT2D eigenvalue weighted by atomic mass is 10.0. The molecule has 0 saturated carbocycles. The second-order valence-electron chi connectivity index (χ2n) is 5.14. The maximum atomic E-state index is 11.1. The van der Waals surface area contributed by atoms with Gasteiger partial charge in [-0.3, -0.25) is 0 Å². The van der Waals surface area contributed by atoms with Gasteiger partial charge in [-0.15, -0.1) is 0 Å². The first-order chi connectivity index (χ1) is 10.6. The van der Waals surface area contributed by atoms with Crippen molar-refractivity contribution in [1.29, 1.82) is 0 Å². The van der Waals surface area contributed by atoms with Crippen LogP contribution in [0.3, 0.4) is 0 Å². The number of hydrogen-bond donors (Lipinski definition) is 2. The van der Waals surface area contributed by atoms with Crippen LogP contribution in [0.2, 0.25) is 0 Å². The average molecular weight is 300 g/mol. The largest absolute Gasteiger partial charge is 0.490 e. The van der Waals surface area contributed by atoms with Crippen molar-refractivity contribution in [3.8, 4) is 16.9 Å². The Labute approximate surface area is 130 Å². The molecular weight excluding hydrogens is 280 g/mol. The summed E-state index contributed by atoms with van der Waals surface area (Å²) in [6, 6.07) is 14.4. The fraction of sp³-hybridized carbons (Fsp3) is 0.278. The van der Waals surface area contributed by atoms with Gasteiger partial charge in [-0.25, -0.2) is 4.79 Å². The van der Waals surface area contributed by atoms with Crippen molar-refractivity contribution in [2.75, 3.05) is 6.61 Å². The summed E-state index contributed by atoms with van der Waals surface area (Å²) in [6.07, 6.45) is 0.965. The van der Waals surface area contributed by atoms with Gasteiger partial charge in [0.25, 0.3) is 0 Å².